The average molecular weight is 168 g/mol. The van der Waals surface area contributed by atoms with E-state index < -0.39 is 0 Å². The van der Waals surface area contributed by atoms with Gasteiger partial charge in [-0.15, -0.1) is 0 Å². The van der Waals surface area contributed by atoms with Gasteiger partial charge in [-0.05, 0) is 45.7 Å². The van der Waals surface area contributed by atoms with Gasteiger partial charge in [-0.2, -0.15) is 0 Å². The smallest absolute Gasteiger partial charge is 0.0192 e. The molecule has 1 aliphatic heterocycles. The maximum atomic E-state index is 3.59. The minimum Gasteiger partial charge on any atom is -0.312 e. The topological polar surface area (TPSA) is 15.3 Å². The predicted octanol–water partition coefficient (Wildman–Crippen LogP) is 1.22. The van der Waals surface area contributed by atoms with Gasteiger partial charge in [0.1, 0.15) is 0 Å². The van der Waals surface area contributed by atoms with Crippen molar-refractivity contribution in [2.75, 3.05) is 19.6 Å². The SMILES string of the molecule is CC(CNC1CC1)N1CCCC1. The van der Waals surface area contributed by atoms with Crippen molar-refractivity contribution >= 4 is 0 Å². The normalized spacial score (nSPS) is 27.8. The number of nitrogens with zero attached hydrogens (tertiary/aromatic N) is 1. The average Bonchev–Trinajstić information content (AvgIpc) is 2.74. The molecule has 0 aromatic carbocycles. The maximum Gasteiger partial charge on any atom is 0.0192 e. The van der Waals surface area contributed by atoms with E-state index in [1.165, 1.54) is 45.3 Å². The Morgan fingerprint density at radius 1 is 1.33 bits per heavy atom. The van der Waals surface area contributed by atoms with E-state index in [9.17, 15) is 0 Å². The summed E-state index contributed by atoms with van der Waals surface area (Å²) in [5, 5.41) is 3.59. The van der Waals surface area contributed by atoms with E-state index >= 15 is 0 Å². The zero-order valence-corrected chi connectivity index (χ0v) is 8.05. The quantitative estimate of drug-likeness (QED) is 0.679. The summed E-state index contributed by atoms with van der Waals surface area (Å²) in [6.07, 6.45) is 5.64. The Balaban J connectivity index is 1.64. The molecule has 70 valence electrons. The second kappa shape index (κ2) is 3.75. The fraction of sp³-hybridized carbons (Fsp3) is 1.00. The van der Waals surface area contributed by atoms with Gasteiger partial charge < -0.3 is 5.32 Å². The van der Waals surface area contributed by atoms with Crippen molar-refractivity contribution < 1.29 is 0 Å². The first-order chi connectivity index (χ1) is 5.86. The first-order valence-corrected chi connectivity index (χ1v) is 5.33. The van der Waals surface area contributed by atoms with Gasteiger partial charge in [0.25, 0.3) is 0 Å². The maximum absolute atomic E-state index is 3.59. The van der Waals surface area contributed by atoms with Crippen molar-refractivity contribution in [1.29, 1.82) is 0 Å². The summed E-state index contributed by atoms with van der Waals surface area (Å²) in [6, 6.07) is 1.63. The lowest BCUT2D eigenvalue weighted by molar-refractivity contribution is 0.251. The van der Waals surface area contributed by atoms with Crippen molar-refractivity contribution in [2.45, 2.75) is 44.7 Å². The van der Waals surface area contributed by atoms with E-state index in [1.54, 1.807) is 0 Å². The van der Waals surface area contributed by atoms with E-state index in [2.05, 4.69) is 17.1 Å². The third kappa shape index (κ3) is 2.20. The second-order valence-corrected chi connectivity index (χ2v) is 4.27. The minimum absolute atomic E-state index is 0.758. The first-order valence-electron chi connectivity index (χ1n) is 5.33. The monoisotopic (exact) mass is 168 g/mol. The number of hydrogen-bond acceptors (Lipinski definition) is 2. The summed E-state index contributed by atoms with van der Waals surface area (Å²) in [6.45, 7) is 6.20. The molecular weight excluding hydrogens is 148 g/mol. The van der Waals surface area contributed by atoms with Crippen LogP contribution in [0.25, 0.3) is 0 Å². The molecule has 0 radical (unpaired) electrons. The summed E-state index contributed by atoms with van der Waals surface area (Å²) in [5.74, 6) is 0. The molecule has 2 aliphatic rings. The fourth-order valence-electron chi connectivity index (χ4n) is 1.94. The Hall–Kier alpha value is -0.0800. The Morgan fingerprint density at radius 2 is 2.00 bits per heavy atom. The van der Waals surface area contributed by atoms with E-state index in [0.29, 0.717) is 0 Å². The molecule has 1 saturated heterocycles. The molecule has 12 heavy (non-hydrogen) atoms. The van der Waals surface area contributed by atoms with E-state index in [0.717, 1.165) is 12.1 Å². The highest BCUT2D eigenvalue weighted by Gasteiger charge is 2.23. The summed E-state index contributed by atoms with van der Waals surface area (Å²) in [7, 11) is 0. The van der Waals surface area contributed by atoms with Crippen LogP contribution in [0.15, 0.2) is 0 Å². The largest absolute Gasteiger partial charge is 0.312 e. The molecule has 2 nitrogen and oxygen atoms in total. The lowest BCUT2D eigenvalue weighted by Gasteiger charge is -2.23. The molecule has 1 N–H and O–H groups in total. The van der Waals surface area contributed by atoms with Gasteiger partial charge in [-0.25, -0.2) is 0 Å². The first kappa shape index (κ1) is 8.52. The number of hydrogen-bond donors (Lipinski definition) is 1. The lowest BCUT2D eigenvalue weighted by atomic mass is 10.3. The van der Waals surface area contributed by atoms with E-state index in [-0.39, 0.29) is 0 Å². The molecule has 1 heterocycles. The number of likely N-dealkylation sites (tertiary alicyclic amines) is 1. The van der Waals surface area contributed by atoms with Gasteiger partial charge >= 0.3 is 0 Å². The summed E-state index contributed by atoms with van der Waals surface area (Å²) >= 11 is 0. The molecule has 1 unspecified atom stereocenters. The number of rotatable bonds is 4. The van der Waals surface area contributed by atoms with Crippen LogP contribution >= 0.6 is 0 Å². The molecule has 0 bridgehead atoms. The van der Waals surface area contributed by atoms with Crippen LogP contribution in [0, 0.1) is 0 Å². The van der Waals surface area contributed by atoms with Crippen LogP contribution in [0.1, 0.15) is 32.6 Å². The molecule has 1 atom stereocenters. The molecule has 2 fully saturated rings. The molecule has 2 rings (SSSR count). The van der Waals surface area contributed by atoms with Crippen LogP contribution in [-0.4, -0.2) is 36.6 Å². The van der Waals surface area contributed by atoms with Gasteiger partial charge in [0.2, 0.25) is 0 Å². The Labute approximate surface area is 75.3 Å². The zero-order chi connectivity index (χ0) is 8.39. The van der Waals surface area contributed by atoms with Crippen LogP contribution in [-0.2, 0) is 0 Å². The third-order valence-corrected chi connectivity index (χ3v) is 3.04. The predicted molar refractivity (Wildman–Crippen MR) is 51.3 cm³/mol. The molecule has 1 saturated carbocycles. The van der Waals surface area contributed by atoms with Gasteiger partial charge in [-0.3, -0.25) is 4.90 Å². The highest BCUT2D eigenvalue weighted by molar-refractivity contribution is 4.83. The van der Waals surface area contributed by atoms with Crippen molar-refractivity contribution in [1.82, 2.24) is 10.2 Å². The van der Waals surface area contributed by atoms with Gasteiger partial charge in [0.05, 0.1) is 0 Å². The molecular formula is C10H20N2. The van der Waals surface area contributed by atoms with Crippen molar-refractivity contribution in [3.05, 3.63) is 0 Å². The van der Waals surface area contributed by atoms with Crippen molar-refractivity contribution in [2.24, 2.45) is 0 Å². The molecule has 1 aliphatic carbocycles. The summed E-state index contributed by atoms with van der Waals surface area (Å²) < 4.78 is 0. The lowest BCUT2D eigenvalue weighted by Crippen LogP contribution is -2.39. The fourth-order valence-corrected chi connectivity index (χ4v) is 1.94. The number of nitrogens with one attached hydrogen (secondary N) is 1. The van der Waals surface area contributed by atoms with Crippen LogP contribution in [0.2, 0.25) is 0 Å². The molecule has 0 aromatic rings. The van der Waals surface area contributed by atoms with Crippen molar-refractivity contribution in [3.63, 3.8) is 0 Å². The second-order valence-electron chi connectivity index (χ2n) is 4.27. The third-order valence-electron chi connectivity index (χ3n) is 3.04. The Kier molecular flexibility index (Phi) is 2.66. The highest BCUT2D eigenvalue weighted by atomic mass is 15.2. The molecule has 0 amide bonds. The molecule has 0 spiro atoms. The zero-order valence-electron chi connectivity index (χ0n) is 8.05. The molecule has 2 heteroatoms. The van der Waals surface area contributed by atoms with Crippen LogP contribution in [0.4, 0.5) is 0 Å². The van der Waals surface area contributed by atoms with Crippen LogP contribution in [0.5, 0.6) is 0 Å². The minimum atomic E-state index is 0.758. The van der Waals surface area contributed by atoms with Crippen LogP contribution < -0.4 is 5.32 Å². The summed E-state index contributed by atoms with van der Waals surface area (Å²) in [5.41, 5.74) is 0. The highest BCUT2D eigenvalue weighted by Crippen LogP contribution is 2.19. The Bertz CT molecular complexity index is 137. The Morgan fingerprint density at radius 3 is 2.58 bits per heavy atom. The van der Waals surface area contributed by atoms with Crippen LogP contribution in [0.3, 0.4) is 0 Å². The molecule has 0 aromatic heterocycles. The van der Waals surface area contributed by atoms with Gasteiger partial charge in [0, 0.05) is 18.6 Å². The van der Waals surface area contributed by atoms with Gasteiger partial charge in [0.15, 0.2) is 0 Å². The standard InChI is InChI=1S/C10H20N2/c1-9(8-11-10-4-5-10)12-6-2-3-7-12/h9-11H,2-8H2,1H3. The summed E-state index contributed by atoms with van der Waals surface area (Å²) in [4.78, 5) is 2.61. The van der Waals surface area contributed by atoms with E-state index in [1.807, 2.05) is 0 Å². The van der Waals surface area contributed by atoms with Crippen molar-refractivity contribution in [3.8, 4) is 0 Å². The van der Waals surface area contributed by atoms with Gasteiger partial charge in [-0.1, -0.05) is 0 Å². The van der Waals surface area contributed by atoms with E-state index in [4.69, 9.17) is 0 Å².